The number of anilines is 1. The summed E-state index contributed by atoms with van der Waals surface area (Å²) in [6.07, 6.45) is 0.923. The number of rotatable bonds is 7. The summed E-state index contributed by atoms with van der Waals surface area (Å²) in [7, 11) is 0. The molecule has 1 amide bonds. The fraction of sp³-hybridized carbons (Fsp3) is 0.316. The monoisotopic (exact) mass is 312 g/mol. The molecule has 0 aliphatic rings. The molecule has 4 N–H and O–H groups in total. The summed E-state index contributed by atoms with van der Waals surface area (Å²) in [5, 5.41) is 13.1. The summed E-state index contributed by atoms with van der Waals surface area (Å²) >= 11 is 0. The molecule has 0 aliphatic carbocycles. The minimum atomic E-state index is -0.573. The van der Waals surface area contributed by atoms with Gasteiger partial charge in [0.05, 0.1) is 6.10 Å². The zero-order chi connectivity index (χ0) is 16.7. The molecule has 2 aromatic rings. The Kier molecular flexibility index (Phi) is 6.18. The Bertz CT molecular complexity index is 628. The second-order valence-electron chi connectivity index (χ2n) is 5.83. The van der Waals surface area contributed by atoms with Crippen LogP contribution in [0.4, 0.5) is 5.69 Å². The van der Waals surface area contributed by atoms with Gasteiger partial charge >= 0.3 is 0 Å². The first-order valence-corrected chi connectivity index (χ1v) is 7.92. The van der Waals surface area contributed by atoms with Crippen LogP contribution in [0.5, 0.6) is 0 Å². The number of carbonyl (C=O) groups is 1. The van der Waals surface area contributed by atoms with Crippen molar-refractivity contribution in [1.29, 1.82) is 0 Å². The van der Waals surface area contributed by atoms with Crippen LogP contribution in [-0.2, 0) is 11.2 Å². The Hall–Kier alpha value is -2.33. The van der Waals surface area contributed by atoms with Gasteiger partial charge in [-0.3, -0.25) is 4.79 Å². The highest BCUT2D eigenvalue weighted by Gasteiger charge is 2.14. The lowest BCUT2D eigenvalue weighted by Crippen LogP contribution is -2.33. The van der Waals surface area contributed by atoms with Gasteiger partial charge in [-0.2, -0.15) is 0 Å². The van der Waals surface area contributed by atoms with Crippen molar-refractivity contribution < 1.29 is 9.90 Å². The Morgan fingerprint density at radius 2 is 1.78 bits per heavy atom. The number of benzene rings is 2. The third-order valence-corrected chi connectivity index (χ3v) is 3.85. The van der Waals surface area contributed by atoms with Gasteiger partial charge in [-0.25, -0.2) is 0 Å². The molecule has 122 valence electrons. The third kappa shape index (κ3) is 5.42. The first-order valence-electron chi connectivity index (χ1n) is 7.92. The van der Waals surface area contributed by atoms with E-state index in [1.807, 2.05) is 61.5 Å². The average molecular weight is 312 g/mol. The summed E-state index contributed by atoms with van der Waals surface area (Å²) in [6, 6.07) is 17.0. The van der Waals surface area contributed by atoms with Crippen LogP contribution in [-0.4, -0.2) is 17.1 Å². The van der Waals surface area contributed by atoms with E-state index in [9.17, 15) is 9.90 Å². The molecule has 0 spiro atoms. The highest BCUT2D eigenvalue weighted by Crippen LogP contribution is 2.18. The molecule has 0 heterocycles. The topological polar surface area (TPSA) is 75.3 Å². The number of hydrogen-bond donors (Lipinski definition) is 3. The van der Waals surface area contributed by atoms with Crippen molar-refractivity contribution in [3.05, 3.63) is 65.7 Å². The fourth-order valence-corrected chi connectivity index (χ4v) is 2.56. The van der Waals surface area contributed by atoms with Crippen LogP contribution < -0.4 is 11.1 Å². The van der Waals surface area contributed by atoms with Crippen LogP contribution in [0.3, 0.4) is 0 Å². The second kappa shape index (κ2) is 8.34. The zero-order valence-electron chi connectivity index (χ0n) is 13.4. The van der Waals surface area contributed by atoms with Crippen molar-refractivity contribution in [2.45, 2.75) is 38.3 Å². The van der Waals surface area contributed by atoms with Crippen molar-refractivity contribution in [3.8, 4) is 0 Å². The molecule has 4 nitrogen and oxygen atoms in total. The highest BCUT2D eigenvalue weighted by atomic mass is 16.3. The molecule has 23 heavy (non-hydrogen) atoms. The Morgan fingerprint density at radius 3 is 2.48 bits per heavy atom. The molecule has 2 rings (SSSR count). The molecule has 4 heteroatoms. The van der Waals surface area contributed by atoms with Crippen LogP contribution in [0.25, 0.3) is 0 Å². The van der Waals surface area contributed by atoms with Crippen LogP contribution in [0.1, 0.15) is 37.0 Å². The second-order valence-corrected chi connectivity index (χ2v) is 5.83. The van der Waals surface area contributed by atoms with Crippen molar-refractivity contribution in [3.63, 3.8) is 0 Å². The first-order chi connectivity index (χ1) is 11.1. The van der Waals surface area contributed by atoms with Gasteiger partial charge in [-0.1, -0.05) is 48.5 Å². The number of aryl methyl sites for hydroxylation is 1. The van der Waals surface area contributed by atoms with Gasteiger partial charge in [-0.15, -0.1) is 0 Å². The Morgan fingerprint density at radius 1 is 1.13 bits per heavy atom. The van der Waals surface area contributed by atoms with E-state index in [0.29, 0.717) is 24.9 Å². The number of nitrogens with two attached hydrogens (primary N) is 1. The number of amides is 1. The smallest absolute Gasteiger partial charge is 0.220 e. The van der Waals surface area contributed by atoms with Crippen LogP contribution in [0.15, 0.2) is 54.6 Å². The van der Waals surface area contributed by atoms with Gasteiger partial charge < -0.3 is 16.2 Å². The molecule has 0 fully saturated rings. The number of aliphatic hydroxyl groups excluding tert-OH is 1. The van der Waals surface area contributed by atoms with Crippen LogP contribution >= 0.6 is 0 Å². The van der Waals surface area contributed by atoms with Crippen molar-refractivity contribution in [2.24, 2.45) is 0 Å². The SMILES string of the molecule is CC(CC(O)c1ccccc1)NC(=O)CCc1ccccc1N. The summed E-state index contributed by atoms with van der Waals surface area (Å²) in [4.78, 5) is 12.0. The van der Waals surface area contributed by atoms with E-state index in [4.69, 9.17) is 5.73 Å². The van der Waals surface area contributed by atoms with E-state index in [0.717, 1.165) is 11.1 Å². The van der Waals surface area contributed by atoms with E-state index >= 15 is 0 Å². The lowest BCUT2D eigenvalue weighted by atomic mass is 10.0. The van der Waals surface area contributed by atoms with Crippen LogP contribution in [0.2, 0.25) is 0 Å². The molecule has 0 saturated heterocycles. The molecular formula is C19H24N2O2. The van der Waals surface area contributed by atoms with Gasteiger partial charge in [0.25, 0.3) is 0 Å². The van der Waals surface area contributed by atoms with E-state index in [1.165, 1.54) is 0 Å². The van der Waals surface area contributed by atoms with Crippen molar-refractivity contribution in [1.82, 2.24) is 5.32 Å². The maximum Gasteiger partial charge on any atom is 0.220 e. The summed E-state index contributed by atoms with van der Waals surface area (Å²) in [5.74, 6) is -0.0268. The van der Waals surface area contributed by atoms with Gasteiger partial charge in [0.15, 0.2) is 0 Å². The van der Waals surface area contributed by atoms with Gasteiger partial charge in [0, 0.05) is 18.2 Å². The summed E-state index contributed by atoms with van der Waals surface area (Å²) < 4.78 is 0. The molecular weight excluding hydrogens is 288 g/mol. The van der Waals surface area contributed by atoms with E-state index < -0.39 is 6.10 Å². The molecule has 0 radical (unpaired) electrons. The van der Waals surface area contributed by atoms with Crippen LogP contribution in [0, 0.1) is 0 Å². The summed E-state index contributed by atoms with van der Waals surface area (Å²) in [6.45, 7) is 1.90. The molecule has 0 aliphatic heterocycles. The largest absolute Gasteiger partial charge is 0.399 e. The number of nitrogens with one attached hydrogen (secondary N) is 1. The quantitative estimate of drug-likeness (QED) is 0.688. The predicted molar refractivity (Wildman–Crippen MR) is 92.8 cm³/mol. The van der Waals surface area contributed by atoms with E-state index in [-0.39, 0.29) is 11.9 Å². The molecule has 0 saturated carbocycles. The molecule has 2 atom stereocenters. The van der Waals surface area contributed by atoms with Crippen molar-refractivity contribution >= 4 is 11.6 Å². The molecule has 0 aromatic heterocycles. The number of nitrogen functional groups attached to an aromatic ring is 1. The minimum Gasteiger partial charge on any atom is -0.399 e. The fourth-order valence-electron chi connectivity index (χ4n) is 2.56. The lowest BCUT2D eigenvalue weighted by molar-refractivity contribution is -0.121. The zero-order valence-corrected chi connectivity index (χ0v) is 13.4. The molecule has 0 bridgehead atoms. The number of para-hydroxylation sites is 1. The summed E-state index contributed by atoms with van der Waals surface area (Å²) in [5.41, 5.74) is 8.44. The first kappa shape index (κ1) is 17.0. The number of aliphatic hydroxyl groups is 1. The van der Waals surface area contributed by atoms with E-state index in [2.05, 4.69) is 5.32 Å². The molecule has 2 aromatic carbocycles. The minimum absolute atomic E-state index is 0.0268. The van der Waals surface area contributed by atoms with Gasteiger partial charge in [-0.05, 0) is 37.0 Å². The maximum atomic E-state index is 12.0. The average Bonchev–Trinajstić information content (AvgIpc) is 2.54. The maximum absolute atomic E-state index is 12.0. The number of carbonyl (C=O) groups excluding carboxylic acids is 1. The Balaban J connectivity index is 1.77. The highest BCUT2D eigenvalue weighted by molar-refractivity contribution is 5.76. The van der Waals surface area contributed by atoms with E-state index in [1.54, 1.807) is 0 Å². The predicted octanol–water partition coefficient (Wildman–Crippen LogP) is 2.83. The normalized spacial score (nSPS) is 13.3. The standard InChI is InChI=1S/C19H24N2O2/c1-14(13-18(22)16-8-3-2-4-9-16)21-19(23)12-11-15-7-5-6-10-17(15)20/h2-10,14,18,22H,11-13,20H2,1H3,(H,21,23). The van der Waals surface area contributed by atoms with Gasteiger partial charge in [0.1, 0.15) is 0 Å². The van der Waals surface area contributed by atoms with Gasteiger partial charge in [0.2, 0.25) is 5.91 Å². The number of hydrogen-bond acceptors (Lipinski definition) is 3. The lowest BCUT2D eigenvalue weighted by Gasteiger charge is -2.18. The third-order valence-electron chi connectivity index (χ3n) is 3.85. The Labute approximate surface area is 137 Å². The molecule has 2 unspecified atom stereocenters. The van der Waals surface area contributed by atoms with Crippen molar-refractivity contribution in [2.75, 3.05) is 5.73 Å².